The van der Waals surface area contributed by atoms with Crippen LogP contribution in [-0.4, -0.2) is 12.2 Å². The zero-order chi connectivity index (χ0) is 24.0. The number of fused-ring (bicyclic) bond motifs is 2. The van der Waals surface area contributed by atoms with Gasteiger partial charge in [-0.15, -0.1) is 0 Å². The average Bonchev–Trinajstić information content (AvgIpc) is 2.74. The number of alkyl halides is 3. The van der Waals surface area contributed by atoms with Crippen LogP contribution in [0.5, 0.6) is 0 Å². The molecule has 0 aliphatic heterocycles. The molecule has 0 bridgehead atoms. The van der Waals surface area contributed by atoms with Gasteiger partial charge in [0.15, 0.2) is 0 Å². The third-order valence-electron chi connectivity index (χ3n) is 6.16. The zero-order valence-electron chi connectivity index (χ0n) is 17.9. The largest absolute Gasteiger partial charge is 0.394 e. The third-order valence-corrected chi connectivity index (χ3v) is 6.16. The lowest BCUT2D eigenvalue weighted by Gasteiger charge is -2.43. The van der Waals surface area contributed by atoms with Gasteiger partial charge in [0, 0.05) is 5.69 Å². The van der Waals surface area contributed by atoms with Gasteiger partial charge < -0.3 is 10.6 Å². The number of nitriles is 1. The summed E-state index contributed by atoms with van der Waals surface area (Å²) in [5.41, 5.74) is -0.695. The molecule has 33 heavy (non-hydrogen) atoms. The molecule has 3 aromatic rings. The Bertz CT molecular complexity index is 1280. The lowest BCUT2D eigenvalue weighted by atomic mass is 9.64. The molecule has 2 N–H and O–H groups in total. The van der Waals surface area contributed by atoms with Crippen molar-refractivity contribution in [1.82, 2.24) is 5.32 Å². The Morgan fingerprint density at radius 1 is 1.09 bits per heavy atom. The highest BCUT2D eigenvalue weighted by Crippen LogP contribution is 2.51. The first-order chi connectivity index (χ1) is 15.5. The number of halogens is 4. The average molecular weight is 455 g/mol. The number of benzene rings is 3. The molecule has 4 nitrogen and oxygen atoms in total. The quantitative estimate of drug-likeness (QED) is 0.429. The number of nitrogens with one attached hydrogen (secondary N) is 2. The first kappa shape index (κ1) is 22.6. The van der Waals surface area contributed by atoms with E-state index in [0.717, 1.165) is 16.8 Å². The predicted octanol–water partition coefficient (Wildman–Crippen LogP) is 6.57. The molecule has 1 aliphatic carbocycles. The maximum absolute atomic E-state index is 14.3. The van der Waals surface area contributed by atoms with Crippen LogP contribution in [0.25, 0.3) is 10.8 Å². The van der Waals surface area contributed by atoms with E-state index in [1.54, 1.807) is 38.1 Å². The Morgan fingerprint density at radius 2 is 1.79 bits per heavy atom. The van der Waals surface area contributed by atoms with Crippen molar-refractivity contribution < 1.29 is 22.4 Å². The molecule has 2 atom stereocenters. The summed E-state index contributed by atoms with van der Waals surface area (Å²) in [6, 6.07) is 14.3. The van der Waals surface area contributed by atoms with Crippen LogP contribution in [0.4, 0.5) is 28.0 Å². The van der Waals surface area contributed by atoms with Gasteiger partial charge in [-0.25, -0.2) is 9.18 Å². The Labute approximate surface area is 188 Å². The highest BCUT2D eigenvalue weighted by atomic mass is 19.4. The molecule has 8 heteroatoms. The van der Waals surface area contributed by atoms with Crippen molar-refractivity contribution in [2.75, 3.05) is 5.32 Å². The number of hydrogen-bond acceptors (Lipinski definition) is 2. The van der Waals surface area contributed by atoms with E-state index in [-0.39, 0.29) is 16.7 Å². The molecule has 0 heterocycles. The normalized spacial score (nSPS) is 19.4. The van der Waals surface area contributed by atoms with Gasteiger partial charge in [0.05, 0.1) is 17.5 Å². The molecule has 2 amide bonds. The number of urea groups is 1. The molecule has 1 aliphatic rings. The summed E-state index contributed by atoms with van der Waals surface area (Å²) in [6.45, 7) is 3.10. The smallest absolute Gasteiger partial charge is 0.330 e. The second-order valence-corrected chi connectivity index (χ2v) is 8.87. The fraction of sp³-hybridized carbons (Fsp3) is 0.280. The molecular formula is C25H21F4N3O. The second-order valence-electron chi connectivity index (χ2n) is 8.87. The van der Waals surface area contributed by atoms with Gasteiger partial charge in [0.1, 0.15) is 11.9 Å². The molecular weight excluding hydrogens is 434 g/mol. The molecule has 170 valence electrons. The summed E-state index contributed by atoms with van der Waals surface area (Å²) in [5, 5.41) is 16.3. The Morgan fingerprint density at radius 3 is 2.45 bits per heavy atom. The van der Waals surface area contributed by atoms with Crippen LogP contribution >= 0.6 is 0 Å². The summed E-state index contributed by atoms with van der Waals surface area (Å²) in [5.74, 6) is -2.70. The second kappa shape index (κ2) is 8.07. The summed E-state index contributed by atoms with van der Waals surface area (Å²) in [6.07, 6.45) is -5.01. The van der Waals surface area contributed by atoms with Crippen LogP contribution in [0.1, 0.15) is 43.0 Å². The Kier molecular flexibility index (Phi) is 5.52. The fourth-order valence-corrected chi connectivity index (χ4v) is 4.74. The number of amides is 2. The molecule has 0 radical (unpaired) electrons. The molecule has 4 rings (SSSR count). The monoisotopic (exact) mass is 455 g/mol. The molecule has 3 aromatic carbocycles. The van der Waals surface area contributed by atoms with Crippen LogP contribution in [-0.2, 0) is 5.41 Å². The van der Waals surface area contributed by atoms with Crippen molar-refractivity contribution in [1.29, 1.82) is 5.26 Å². The van der Waals surface area contributed by atoms with Gasteiger partial charge in [0.2, 0.25) is 0 Å². The van der Waals surface area contributed by atoms with Crippen molar-refractivity contribution >= 4 is 22.5 Å². The summed E-state index contributed by atoms with van der Waals surface area (Å²) < 4.78 is 56.4. The van der Waals surface area contributed by atoms with E-state index in [1.807, 2.05) is 24.3 Å². The minimum atomic E-state index is -4.61. The number of carbonyl (C=O) groups excluding carboxylic acids is 1. The molecule has 0 spiro atoms. The van der Waals surface area contributed by atoms with Crippen molar-refractivity contribution in [2.45, 2.75) is 37.9 Å². The van der Waals surface area contributed by atoms with E-state index in [9.17, 15) is 27.6 Å². The number of hydrogen-bond donors (Lipinski definition) is 2. The van der Waals surface area contributed by atoms with E-state index in [4.69, 9.17) is 0 Å². The van der Waals surface area contributed by atoms with Crippen LogP contribution in [0.2, 0.25) is 0 Å². The minimum Gasteiger partial charge on any atom is -0.330 e. The standard InChI is InChI=1S/C25H21F4N3O/c1-24(2)12-19(25(27,28)29)22(17-9-10-20(26)18(13-30)21(17)24)32-23(33)31-16-8-7-14-5-3-4-6-15(14)11-16/h3-11,19,22H,12H2,1-2H3,(H2,31,32,33). The highest BCUT2D eigenvalue weighted by molar-refractivity contribution is 5.93. The van der Waals surface area contributed by atoms with E-state index in [1.165, 1.54) is 6.07 Å². The number of anilines is 1. The first-order valence-corrected chi connectivity index (χ1v) is 10.4. The van der Waals surface area contributed by atoms with Gasteiger partial charge in [-0.1, -0.05) is 50.2 Å². The summed E-state index contributed by atoms with van der Waals surface area (Å²) >= 11 is 0. The molecule has 0 saturated heterocycles. The van der Waals surface area contributed by atoms with Gasteiger partial charge in [0.25, 0.3) is 0 Å². The van der Waals surface area contributed by atoms with Crippen LogP contribution in [0.15, 0.2) is 54.6 Å². The number of rotatable bonds is 2. The van der Waals surface area contributed by atoms with E-state index in [0.29, 0.717) is 5.69 Å². The van der Waals surface area contributed by atoms with E-state index < -0.39 is 41.8 Å². The summed E-state index contributed by atoms with van der Waals surface area (Å²) in [7, 11) is 0. The SMILES string of the molecule is CC1(C)CC(C(F)(F)F)C(NC(=O)Nc2ccc3ccccc3c2)c2ccc(F)c(C#N)c21. The fourth-order valence-electron chi connectivity index (χ4n) is 4.74. The van der Waals surface area contributed by atoms with Crippen LogP contribution < -0.4 is 10.6 Å². The first-order valence-electron chi connectivity index (χ1n) is 10.4. The molecule has 0 aromatic heterocycles. The Hall–Kier alpha value is -3.60. The van der Waals surface area contributed by atoms with Gasteiger partial charge >= 0.3 is 12.2 Å². The van der Waals surface area contributed by atoms with Gasteiger partial charge in [-0.3, -0.25) is 0 Å². The van der Waals surface area contributed by atoms with Crippen molar-refractivity contribution in [3.05, 3.63) is 77.1 Å². The van der Waals surface area contributed by atoms with Gasteiger partial charge in [-0.2, -0.15) is 18.4 Å². The molecule has 0 saturated carbocycles. The maximum atomic E-state index is 14.3. The number of carbonyl (C=O) groups is 1. The van der Waals surface area contributed by atoms with E-state index in [2.05, 4.69) is 10.6 Å². The summed E-state index contributed by atoms with van der Waals surface area (Å²) in [4.78, 5) is 12.8. The maximum Gasteiger partial charge on any atom is 0.394 e. The van der Waals surface area contributed by atoms with Crippen molar-refractivity contribution in [3.8, 4) is 6.07 Å². The van der Waals surface area contributed by atoms with Crippen LogP contribution in [0, 0.1) is 23.1 Å². The topological polar surface area (TPSA) is 64.9 Å². The minimum absolute atomic E-state index is 0.0974. The zero-order valence-corrected chi connectivity index (χ0v) is 17.9. The molecule has 0 fully saturated rings. The van der Waals surface area contributed by atoms with Crippen LogP contribution in [0.3, 0.4) is 0 Å². The predicted molar refractivity (Wildman–Crippen MR) is 117 cm³/mol. The molecule has 2 unspecified atom stereocenters. The van der Waals surface area contributed by atoms with Gasteiger partial charge in [-0.05, 0) is 51.9 Å². The lowest BCUT2D eigenvalue weighted by Crippen LogP contribution is -2.48. The Balaban J connectivity index is 1.70. The van der Waals surface area contributed by atoms with Crippen molar-refractivity contribution in [2.24, 2.45) is 5.92 Å². The van der Waals surface area contributed by atoms with Crippen molar-refractivity contribution in [3.63, 3.8) is 0 Å². The van der Waals surface area contributed by atoms with E-state index >= 15 is 0 Å². The third kappa shape index (κ3) is 4.23. The number of nitrogens with zero attached hydrogens (tertiary/aromatic N) is 1. The lowest BCUT2D eigenvalue weighted by molar-refractivity contribution is -0.190. The highest BCUT2D eigenvalue weighted by Gasteiger charge is 2.53.